The minimum absolute atomic E-state index is 0.284. The van der Waals surface area contributed by atoms with Gasteiger partial charge in [0.2, 0.25) is 5.91 Å². The molecule has 0 radical (unpaired) electrons. The number of unbranched alkanes of at least 4 members (excludes halogenated alkanes) is 7. The molecule has 0 aromatic heterocycles. The fourth-order valence-electron chi connectivity index (χ4n) is 4.54. The molecular weight excluding hydrogens is 476 g/mol. The molecule has 0 N–H and O–H groups in total. The van der Waals surface area contributed by atoms with Gasteiger partial charge in [0.05, 0.1) is 23.5 Å². The Bertz CT molecular complexity index is 997. The normalized spacial score (nSPS) is 13.7. The molecule has 1 heterocycles. The summed E-state index contributed by atoms with van der Waals surface area (Å²) >= 11 is 0. The third-order valence-corrected chi connectivity index (χ3v) is 6.96. The number of hydrogen-bond acceptors (Lipinski definition) is 6. The molecule has 1 fully saturated rings. The lowest BCUT2D eigenvalue weighted by Crippen LogP contribution is -2.48. The molecule has 0 saturated carbocycles. The van der Waals surface area contributed by atoms with Gasteiger partial charge in [-0.1, -0.05) is 58.8 Å². The highest BCUT2D eigenvalue weighted by Crippen LogP contribution is 2.24. The number of esters is 1. The number of carbonyl (C=O) groups excluding carboxylic acids is 2. The van der Waals surface area contributed by atoms with Crippen LogP contribution in [-0.2, 0) is 9.53 Å². The number of piperazine rings is 1. The van der Waals surface area contributed by atoms with Crippen LogP contribution in [-0.4, -0.2) is 49.6 Å². The van der Waals surface area contributed by atoms with Crippen molar-refractivity contribution >= 4 is 28.9 Å². The van der Waals surface area contributed by atoms with Gasteiger partial charge >= 0.3 is 5.97 Å². The molecule has 206 valence electrons. The standard InChI is InChI=1S/C31H44N4O3/c1-3-5-7-8-9-11-25-38-31(37)26-13-15-27(16-14-26)32-33-28-17-19-29(20-18-28)34-21-23-35(24-22-34)30(36)12-10-6-4-2/h13-20H,3-12,21-25H2,1-2H3. The molecular formula is C31H44N4O3. The van der Waals surface area contributed by atoms with Crippen LogP contribution in [0.25, 0.3) is 0 Å². The maximum absolute atomic E-state index is 12.4. The largest absolute Gasteiger partial charge is 0.462 e. The monoisotopic (exact) mass is 520 g/mol. The summed E-state index contributed by atoms with van der Waals surface area (Å²) < 4.78 is 5.39. The first kappa shape index (κ1) is 29.3. The summed E-state index contributed by atoms with van der Waals surface area (Å²) in [5.74, 6) is -0.00808. The molecule has 38 heavy (non-hydrogen) atoms. The number of nitrogens with zero attached hydrogens (tertiary/aromatic N) is 4. The van der Waals surface area contributed by atoms with Crippen LogP contribution in [0.3, 0.4) is 0 Å². The second-order valence-corrected chi connectivity index (χ2v) is 9.99. The Hall–Kier alpha value is -3.22. The van der Waals surface area contributed by atoms with Gasteiger partial charge in [0.25, 0.3) is 0 Å². The Balaban J connectivity index is 1.40. The second kappa shape index (κ2) is 16.6. The van der Waals surface area contributed by atoms with Gasteiger partial charge < -0.3 is 14.5 Å². The zero-order valence-electron chi connectivity index (χ0n) is 23.2. The maximum Gasteiger partial charge on any atom is 0.338 e. The summed E-state index contributed by atoms with van der Waals surface area (Å²) in [6.45, 7) is 8.06. The molecule has 1 saturated heterocycles. The first-order chi connectivity index (χ1) is 18.6. The van der Waals surface area contributed by atoms with Crippen LogP contribution in [0.2, 0.25) is 0 Å². The average Bonchev–Trinajstić information content (AvgIpc) is 2.96. The van der Waals surface area contributed by atoms with Crippen LogP contribution in [0.4, 0.5) is 17.1 Å². The number of carbonyl (C=O) groups is 2. The molecule has 0 atom stereocenters. The molecule has 7 heteroatoms. The summed E-state index contributed by atoms with van der Waals surface area (Å²) in [5, 5.41) is 8.64. The van der Waals surface area contributed by atoms with Crippen LogP contribution in [0, 0.1) is 0 Å². The van der Waals surface area contributed by atoms with Crippen molar-refractivity contribution in [2.45, 2.75) is 78.1 Å². The first-order valence-corrected chi connectivity index (χ1v) is 14.4. The zero-order valence-corrected chi connectivity index (χ0v) is 23.2. The SMILES string of the molecule is CCCCCCCCOC(=O)c1ccc(N=Nc2ccc(N3CCN(C(=O)CCCCC)CC3)cc2)cc1. The second-order valence-electron chi connectivity index (χ2n) is 9.99. The minimum Gasteiger partial charge on any atom is -0.462 e. The highest BCUT2D eigenvalue weighted by Gasteiger charge is 2.20. The van der Waals surface area contributed by atoms with E-state index >= 15 is 0 Å². The van der Waals surface area contributed by atoms with E-state index in [0.717, 1.165) is 69.7 Å². The smallest absolute Gasteiger partial charge is 0.338 e. The Labute approximate surface area is 228 Å². The summed E-state index contributed by atoms with van der Waals surface area (Å²) in [5.41, 5.74) is 3.11. The predicted octanol–water partition coefficient (Wildman–Crippen LogP) is 7.85. The Morgan fingerprint density at radius 1 is 0.711 bits per heavy atom. The van der Waals surface area contributed by atoms with Crippen LogP contribution >= 0.6 is 0 Å². The summed E-state index contributed by atoms with van der Waals surface area (Å²) in [7, 11) is 0. The molecule has 0 spiro atoms. The first-order valence-electron chi connectivity index (χ1n) is 14.4. The third-order valence-electron chi connectivity index (χ3n) is 6.96. The maximum atomic E-state index is 12.4. The zero-order chi connectivity index (χ0) is 27.0. The Morgan fingerprint density at radius 2 is 1.26 bits per heavy atom. The molecule has 1 aliphatic heterocycles. The molecule has 0 unspecified atom stereocenters. The Morgan fingerprint density at radius 3 is 1.89 bits per heavy atom. The van der Waals surface area contributed by atoms with Gasteiger partial charge in [0.15, 0.2) is 0 Å². The summed E-state index contributed by atoms with van der Waals surface area (Å²) in [4.78, 5) is 28.9. The molecule has 0 bridgehead atoms. The lowest BCUT2D eigenvalue weighted by atomic mass is 10.1. The van der Waals surface area contributed by atoms with Crippen molar-refractivity contribution in [1.29, 1.82) is 0 Å². The van der Waals surface area contributed by atoms with Crippen LogP contribution in [0.5, 0.6) is 0 Å². The fourth-order valence-corrected chi connectivity index (χ4v) is 4.54. The highest BCUT2D eigenvalue weighted by molar-refractivity contribution is 5.89. The van der Waals surface area contributed by atoms with E-state index in [9.17, 15) is 9.59 Å². The number of benzene rings is 2. The number of amides is 1. The van der Waals surface area contributed by atoms with Gasteiger partial charge in [-0.25, -0.2) is 4.79 Å². The molecule has 7 nitrogen and oxygen atoms in total. The third kappa shape index (κ3) is 9.92. The van der Waals surface area contributed by atoms with Crippen LogP contribution in [0.1, 0.15) is 88.4 Å². The lowest BCUT2D eigenvalue weighted by molar-refractivity contribution is -0.131. The number of anilines is 1. The molecule has 2 aromatic carbocycles. The van der Waals surface area contributed by atoms with E-state index in [1.54, 1.807) is 24.3 Å². The van der Waals surface area contributed by atoms with E-state index in [2.05, 4.69) is 41.1 Å². The van der Waals surface area contributed by atoms with Gasteiger partial charge in [0.1, 0.15) is 0 Å². The van der Waals surface area contributed by atoms with Crippen molar-refractivity contribution in [3.8, 4) is 0 Å². The van der Waals surface area contributed by atoms with E-state index < -0.39 is 0 Å². The van der Waals surface area contributed by atoms with E-state index in [0.29, 0.717) is 24.3 Å². The molecule has 1 aliphatic rings. The van der Waals surface area contributed by atoms with E-state index in [1.807, 2.05) is 17.0 Å². The topological polar surface area (TPSA) is 74.6 Å². The Kier molecular flexibility index (Phi) is 12.8. The van der Waals surface area contributed by atoms with Crippen LogP contribution < -0.4 is 4.90 Å². The van der Waals surface area contributed by atoms with Crippen LogP contribution in [0.15, 0.2) is 58.8 Å². The average molecular weight is 521 g/mol. The molecule has 2 aromatic rings. The van der Waals surface area contributed by atoms with Gasteiger partial charge in [-0.2, -0.15) is 10.2 Å². The quantitative estimate of drug-likeness (QED) is 0.136. The summed E-state index contributed by atoms with van der Waals surface area (Å²) in [6.07, 6.45) is 10.9. The number of azo groups is 1. The van der Waals surface area contributed by atoms with Crippen molar-refractivity contribution in [3.63, 3.8) is 0 Å². The van der Waals surface area contributed by atoms with Crippen molar-refractivity contribution in [2.75, 3.05) is 37.7 Å². The van der Waals surface area contributed by atoms with Crippen molar-refractivity contribution < 1.29 is 14.3 Å². The summed E-state index contributed by atoms with van der Waals surface area (Å²) in [6, 6.07) is 15.0. The van der Waals surface area contributed by atoms with Gasteiger partial charge in [-0.05, 0) is 61.4 Å². The molecule has 0 aliphatic carbocycles. The minimum atomic E-state index is -0.292. The fraction of sp³-hybridized carbons (Fsp3) is 0.548. The number of hydrogen-bond donors (Lipinski definition) is 0. The van der Waals surface area contributed by atoms with E-state index in [1.165, 1.54) is 25.7 Å². The van der Waals surface area contributed by atoms with Crippen molar-refractivity contribution in [2.24, 2.45) is 10.2 Å². The highest BCUT2D eigenvalue weighted by atomic mass is 16.5. The van der Waals surface area contributed by atoms with E-state index in [-0.39, 0.29) is 11.9 Å². The van der Waals surface area contributed by atoms with Gasteiger partial charge in [0, 0.05) is 38.3 Å². The number of ether oxygens (including phenoxy) is 1. The van der Waals surface area contributed by atoms with E-state index in [4.69, 9.17) is 4.74 Å². The lowest BCUT2D eigenvalue weighted by Gasteiger charge is -2.36. The van der Waals surface area contributed by atoms with Crippen molar-refractivity contribution in [3.05, 3.63) is 54.1 Å². The van der Waals surface area contributed by atoms with Gasteiger partial charge in [-0.3, -0.25) is 4.79 Å². The van der Waals surface area contributed by atoms with Crippen molar-refractivity contribution in [1.82, 2.24) is 4.90 Å². The number of rotatable bonds is 15. The van der Waals surface area contributed by atoms with Gasteiger partial charge in [-0.15, -0.1) is 0 Å². The predicted molar refractivity (Wildman–Crippen MR) is 154 cm³/mol. The molecule has 3 rings (SSSR count). The molecule has 1 amide bonds.